The summed E-state index contributed by atoms with van der Waals surface area (Å²) < 4.78 is 9.92. The number of carbonyl (C=O) groups is 4. The number of nitrogens with one attached hydrogen (secondary N) is 1. The van der Waals surface area contributed by atoms with Crippen LogP contribution in [0.4, 0.5) is 4.79 Å². The first-order valence-electron chi connectivity index (χ1n) is 8.80. The third-order valence-electron chi connectivity index (χ3n) is 4.16. The Bertz CT molecular complexity index is 769. The second kappa shape index (κ2) is 8.28. The fourth-order valence-corrected chi connectivity index (χ4v) is 2.88. The van der Waals surface area contributed by atoms with E-state index in [2.05, 4.69) is 10.1 Å². The summed E-state index contributed by atoms with van der Waals surface area (Å²) in [5.74, 6) is -1.55. The van der Waals surface area contributed by atoms with Gasteiger partial charge in [-0.2, -0.15) is 0 Å². The van der Waals surface area contributed by atoms with Gasteiger partial charge in [-0.05, 0) is 51.5 Å². The van der Waals surface area contributed by atoms with E-state index >= 15 is 0 Å². The maximum Gasteiger partial charge on any atom is 0.411 e. The summed E-state index contributed by atoms with van der Waals surface area (Å²) in [7, 11) is 1.27. The van der Waals surface area contributed by atoms with Gasteiger partial charge in [0, 0.05) is 18.2 Å². The topological polar surface area (TPSA) is 128 Å². The molecule has 0 aliphatic carbocycles. The second-order valence-corrected chi connectivity index (χ2v) is 7.53. The SMILES string of the molecule is COC(=O)c1ccc(C(=O)N[C@@H]2C[C@@H](C(N)=O)N(C(=O)OC(C)(C)C)C2)cc1. The average Bonchev–Trinajstić information content (AvgIpc) is 3.04. The Morgan fingerprint density at radius 1 is 1.11 bits per heavy atom. The van der Waals surface area contributed by atoms with Gasteiger partial charge in [0.1, 0.15) is 11.6 Å². The molecule has 1 aliphatic heterocycles. The molecule has 1 saturated heterocycles. The molecule has 0 saturated carbocycles. The van der Waals surface area contributed by atoms with Crippen molar-refractivity contribution in [2.24, 2.45) is 5.73 Å². The predicted octanol–water partition coefficient (Wildman–Crippen LogP) is 1.07. The van der Waals surface area contributed by atoms with Crippen LogP contribution in [0.3, 0.4) is 0 Å². The van der Waals surface area contributed by atoms with Crippen LogP contribution >= 0.6 is 0 Å². The normalized spacial score (nSPS) is 19.1. The second-order valence-electron chi connectivity index (χ2n) is 7.53. The Hall–Kier alpha value is -3.10. The van der Waals surface area contributed by atoms with E-state index in [1.54, 1.807) is 20.8 Å². The monoisotopic (exact) mass is 391 g/mol. The van der Waals surface area contributed by atoms with Gasteiger partial charge in [-0.1, -0.05) is 0 Å². The van der Waals surface area contributed by atoms with Gasteiger partial charge in [-0.25, -0.2) is 9.59 Å². The van der Waals surface area contributed by atoms with E-state index in [0.717, 1.165) is 0 Å². The van der Waals surface area contributed by atoms with Gasteiger partial charge < -0.3 is 20.5 Å². The van der Waals surface area contributed by atoms with Gasteiger partial charge >= 0.3 is 12.1 Å². The number of ether oxygens (including phenoxy) is 2. The minimum absolute atomic E-state index is 0.106. The fraction of sp³-hybridized carbons (Fsp3) is 0.474. The molecule has 0 aromatic heterocycles. The summed E-state index contributed by atoms with van der Waals surface area (Å²) in [5.41, 5.74) is 5.34. The number of primary amides is 1. The van der Waals surface area contributed by atoms with Crippen LogP contribution in [0.15, 0.2) is 24.3 Å². The van der Waals surface area contributed by atoms with Crippen molar-refractivity contribution in [2.45, 2.75) is 44.9 Å². The van der Waals surface area contributed by atoms with Crippen LogP contribution in [-0.4, -0.2) is 60.1 Å². The average molecular weight is 391 g/mol. The van der Waals surface area contributed by atoms with E-state index in [4.69, 9.17) is 10.5 Å². The molecule has 0 unspecified atom stereocenters. The Kier molecular flexibility index (Phi) is 6.27. The first-order chi connectivity index (χ1) is 13.0. The predicted molar refractivity (Wildman–Crippen MR) is 99.6 cm³/mol. The third-order valence-corrected chi connectivity index (χ3v) is 4.16. The Balaban J connectivity index is 2.05. The van der Waals surface area contributed by atoms with Crippen LogP contribution < -0.4 is 11.1 Å². The zero-order chi connectivity index (χ0) is 21.1. The molecule has 1 aliphatic rings. The standard InChI is InChI=1S/C19H25N3O6/c1-19(2,3)28-18(26)22-10-13(9-14(22)15(20)23)21-16(24)11-5-7-12(8-6-11)17(25)27-4/h5-8,13-14H,9-10H2,1-4H3,(H2,20,23)(H,21,24)/t13-,14+/m1/s1. The molecular weight excluding hydrogens is 366 g/mol. The van der Waals surface area contributed by atoms with Crippen molar-refractivity contribution >= 4 is 23.9 Å². The summed E-state index contributed by atoms with van der Waals surface area (Å²) in [6.07, 6.45) is -0.462. The maximum absolute atomic E-state index is 12.5. The lowest BCUT2D eigenvalue weighted by Crippen LogP contribution is -2.46. The van der Waals surface area contributed by atoms with E-state index in [-0.39, 0.29) is 13.0 Å². The molecule has 1 fully saturated rings. The number of esters is 1. The molecule has 0 radical (unpaired) electrons. The van der Waals surface area contributed by atoms with Gasteiger partial charge in [0.15, 0.2) is 0 Å². The van der Waals surface area contributed by atoms with E-state index in [1.807, 2.05) is 0 Å². The molecule has 2 rings (SSSR count). The summed E-state index contributed by atoms with van der Waals surface area (Å²) >= 11 is 0. The molecular formula is C19H25N3O6. The molecule has 152 valence electrons. The Labute approximate surface area is 163 Å². The number of carbonyl (C=O) groups excluding carboxylic acids is 4. The lowest BCUT2D eigenvalue weighted by molar-refractivity contribution is -0.122. The number of nitrogens with zero attached hydrogens (tertiary/aromatic N) is 1. The molecule has 1 heterocycles. The van der Waals surface area contributed by atoms with Crippen LogP contribution in [0, 0.1) is 0 Å². The van der Waals surface area contributed by atoms with Crippen molar-refractivity contribution in [3.63, 3.8) is 0 Å². The van der Waals surface area contributed by atoms with Crippen molar-refractivity contribution in [3.8, 4) is 0 Å². The summed E-state index contributed by atoms with van der Waals surface area (Å²) in [6.45, 7) is 5.26. The highest BCUT2D eigenvalue weighted by Gasteiger charge is 2.41. The lowest BCUT2D eigenvalue weighted by Gasteiger charge is -2.27. The first-order valence-corrected chi connectivity index (χ1v) is 8.80. The highest BCUT2D eigenvalue weighted by molar-refractivity contribution is 5.96. The van der Waals surface area contributed by atoms with E-state index in [9.17, 15) is 19.2 Å². The zero-order valence-corrected chi connectivity index (χ0v) is 16.4. The maximum atomic E-state index is 12.5. The largest absolute Gasteiger partial charge is 0.465 e. The molecule has 9 heteroatoms. The number of amides is 3. The van der Waals surface area contributed by atoms with Crippen molar-refractivity contribution < 1.29 is 28.7 Å². The molecule has 3 N–H and O–H groups in total. The Morgan fingerprint density at radius 3 is 2.18 bits per heavy atom. The minimum atomic E-state index is -0.859. The molecule has 28 heavy (non-hydrogen) atoms. The van der Waals surface area contributed by atoms with Crippen LogP contribution in [0.2, 0.25) is 0 Å². The number of likely N-dealkylation sites (tertiary alicyclic amines) is 1. The molecule has 1 aromatic carbocycles. The van der Waals surface area contributed by atoms with Gasteiger partial charge in [0.2, 0.25) is 5.91 Å². The molecule has 9 nitrogen and oxygen atoms in total. The van der Waals surface area contributed by atoms with Crippen molar-refractivity contribution in [3.05, 3.63) is 35.4 Å². The van der Waals surface area contributed by atoms with Crippen LogP contribution in [-0.2, 0) is 14.3 Å². The number of hydrogen-bond acceptors (Lipinski definition) is 6. The van der Waals surface area contributed by atoms with Crippen LogP contribution in [0.1, 0.15) is 47.9 Å². The van der Waals surface area contributed by atoms with Crippen molar-refractivity contribution in [2.75, 3.05) is 13.7 Å². The molecule has 0 spiro atoms. The van der Waals surface area contributed by atoms with Crippen LogP contribution in [0.25, 0.3) is 0 Å². The zero-order valence-electron chi connectivity index (χ0n) is 16.4. The van der Waals surface area contributed by atoms with Gasteiger partial charge in [-0.3, -0.25) is 14.5 Å². The third kappa shape index (κ3) is 5.21. The summed E-state index contributed by atoms with van der Waals surface area (Å²) in [5, 5.41) is 2.78. The van der Waals surface area contributed by atoms with Crippen molar-refractivity contribution in [1.82, 2.24) is 10.2 Å². The van der Waals surface area contributed by atoms with Crippen LogP contribution in [0.5, 0.6) is 0 Å². The van der Waals surface area contributed by atoms with E-state index < -0.39 is 41.6 Å². The molecule has 1 aromatic rings. The molecule has 0 bridgehead atoms. The molecule has 3 amide bonds. The van der Waals surface area contributed by atoms with Gasteiger partial charge in [-0.15, -0.1) is 0 Å². The van der Waals surface area contributed by atoms with Crippen molar-refractivity contribution in [1.29, 1.82) is 0 Å². The number of methoxy groups -OCH3 is 1. The number of nitrogens with two attached hydrogens (primary N) is 1. The van der Waals surface area contributed by atoms with E-state index in [1.165, 1.54) is 36.3 Å². The summed E-state index contributed by atoms with van der Waals surface area (Å²) in [4.78, 5) is 49.2. The summed E-state index contributed by atoms with van der Waals surface area (Å²) in [6, 6.07) is 4.63. The smallest absolute Gasteiger partial charge is 0.411 e. The fourth-order valence-electron chi connectivity index (χ4n) is 2.88. The number of rotatable bonds is 4. The Morgan fingerprint density at radius 2 is 1.68 bits per heavy atom. The van der Waals surface area contributed by atoms with Gasteiger partial charge in [0.05, 0.1) is 12.7 Å². The van der Waals surface area contributed by atoms with Gasteiger partial charge in [0.25, 0.3) is 5.91 Å². The molecule has 2 atom stereocenters. The quantitative estimate of drug-likeness (QED) is 0.739. The number of benzene rings is 1. The highest BCUT2D eigenvalue weighted by Crippen LogP contribution is 2.21. The van der Waals surface area contributed by atoms with E-state index in [0.29, 0.717) is 11.1 Å². The lowest BCUT2D eigenvalue weighted by atomic mass is 10.1. The highest BCUT2D eigenvalue weighted by atomic mass is 16.6. The first kappa shape index (κ1) is 21.2. The number of hydrogen-bond donors (Lipinski definition) is 2. The minimum Gasteiger partial charge on any atom is -0.465 e.